The number of hydrogen-bond acceptors (Lipinski definition) is 3. The van der Waals surface area contributed by atoms with Gasteiger partial charge in [0.2, 0.25) is 0 Å². The molecule has 0 spiro atoms. The lowest BCUT2D eigenvalue weighted by atomic mass is 10.1. The number of rotatable bonds is 1. The monoisotopic (exact) mass is 213 g/mol. The van der Waals surface area contributed by atoms with Gasteiger partial charge in [0.05, 0.1) is 0 Å². The molecule has 0 radical (unpaired) electrons. The Hall–Kier alpha value is -1.26. The third kappa shape index (κ3) is 1.42. The van der Waals surface area contributed by atoms with Gasteiger partial charge in [-0.25, -0.2) is 4.79 Å². The second-order valence-corrected chi connectivity index (χ2v) is 3.54. The predicted octanol–water partition coefficient (Wildman–Crippen LogP) is 1.26. The molecule has 0 saturated heterocycles. The number of carbonyl (C=O) groups is 1. The standard InChI is InChI=1S/C9H8ClNO3/c10-5-1-4-2-7(11)14-8(4)6(3-5)9(12)13/h1,3,7H,2,11H2,(H,12,13). The topological polar surface area (TPSA) is 72.6 Å². The number of hydrogen-bond donors (Lipinski definition) is 2. The van der Waals surface area contributed by atoms with Crippen LogP contribution >= 0.6 is 11.6 Å². The van der Waals surface area contributed by atoms with Gasteiger partial charge >= 0.3 is 5.97 Å². The molecule has 1 atom stereocenters. The van der Waals surface area contributed by atoms with E-state index in [1.54, 1.807) is 6.07 Å². The third-order valence-electron chi connectivity index (χ3n) is 2.05. The normalized spacial score (nSPS) is 18.9. The number of nitrogens with two attached hydrogens (primary N) is 1. The van der Waals surface area contributed by atoms with Crippen LogP contribution in [-0.4, -0.2) is 17.3 Å². The van der Waals surface area contributed by atoms with E-state index in [2.05, 4.69) is 0 Å². The van der Waals surface area contributed by atoms with E-state index in [0.29, 0.717) is 17.2 Å². The number of aromatic carboxylic acids is 1. The van der Waals surface area contributed by atoms with E-state index in [-0.39, 0.29) is 5.56 Å². The summed E-state index contributed by atoms with van der Waals surface area (Å²) in [5, 5.41) is 9.27. The maximum Gasteiger partial charge on any atom is 0.339 e. The molecule has 1 heterocycles. The van der Waals surface area contributed by atoms with Crippen molar-refractivity contribution in [3.05, 3.63) is 28.3 Å². The Bertz CT molecular complexity index is 405. The van der Waals surface area contributed by atoms with Gasteiger partial charge in [0.25, 0.3) is 0 Å². The fourth-order valence-electron chi connectivity index (χ4n) is 1.51. The average molecular weight is 214 g/mol. The lowest BCUT2D eigenvalue weighted by molar-refractivity contribution is 0.0691. The highest BCUT2D eigenvalue weighted by atomic mass is 35.5. The van der Waals surface area contributed by atoms with Gasteiger partial charge in [0.15, 0.2) is 6.23 Å². The zero-order valence-corrected chi connectivity index (χ0v) is 7.91. The van der Waals surface area contributed by atoms with Crippen molar-refractivity contribution < 1.29 is 14.6 Å². The van der Waals surface area contributed by atoms with E-state index in [0.717, 1.165) is 5.56 Å². The third-order valence-corrected chi connectivity index (χ3v) is 2.27. The van der Waals surface area contributed by atoms with E-state index >= 15 is 0 Å². The van der Waals surface area contributed by atoms with Crippen molar-refractivity contribution in [2.24, 2.45) is 5.73 Å². The van der Waals surface area contributed by atoms with Crippen molar-refractivity contribution in [2.75, 3.05) is 0 Å². The molecule has 3 N–H and O–H groups in total. The molecular weight excluding hydrogens is 206 g/mol. The largest absolute Gasteiger partial charge is 0.478 e. The molecule has 0 saturated carbocycles. The first-order chi connectivity index (χ1) is 6.58. The van der Waals surface area contributed by atoms with E-state index < -0.39 is 12.2 Å². The lowest BCUT2D eigenvalue weighted by Crippen LogP contribution is -2.24. The summed E-state index contributed by atoms with van der Waals surface area (Å²) < 4.78 is 5.19. The molecule has 1 aromatic rings. The summed E-state index contributed by atoms with van der Waals surface area (Å²) in [5.74, 6) is -0.716. The van der Waals surface area contributed by atoms with Crippen LogP contribution in [0.2, 0.25) is 5.02 Å². The average Bonchev–Trinajstić information content (AvgIpc) is 2.42. The lowest BCUT2D eigenvalue weighted by Gasteiger charge is -2.05. The first kappa shape index (κ1) is 9.30. The van der Waals surface area contributed by atoms with Crippen molar-refractivity contribution in [1.82, 2.24) is 0 Å². The summed E-state index contributed by atoms with van der Waals surface area (Å²) in [6, 6.07) is 3.04. The minimum Gasteiger partial charge on any atom is -0.478 e. The highest BCUT2D eigenvalue weighted by Gasteiger charge is 2.25. The zero-order valence-electron chi connectivity index (χ0n) is 7.16. The molecule has 14 heavy (non-hydrogen) atoms. The van der Waals surface area contributed by atoms with Crippen LogP contribution in [0.1, 0.15) is 15.9 Å². The van der Waals surface area contributed by atoms with E-state index in [1.165, 1.54) is 6.07 Å². The molecule has 0 bridgehead atoms. The zero-order chi connectivity index (χ0) is 10.3. The molecule has 1 unspecified atom stereocenters. The van der Waals surface area contributed by atoms with Crippen molar-refractivity contribution in [3.8, 4) is 5.75 Å². The predicted molar refractivity (Wildman–Crippen MR) is 50.7 cm³/mol. The quantitative estimate of drug-likeness (QED) is 0.737. The van der Waals surface area contributed by atoms with Crippen LogP contribution in [0.4, 0.5) is 0 Å². The van der Waals surface area contributed by atoms with Gasteiger partial charge in [0, 0.05) is 17.0 Å². The minimum atomic E-state index is -1.06. The molecule has 4 nitrogen and oxygen atoms in total. The molecule has 0 fully saturated rings. The van der Waals surface area contributed by atoms with Crippen LogP contribution in [0.5, 0.6) is 5.75 Å². The van der Waals surface area contributed by atoms with Gasteiger partial charge in [-0.2, -0.15) is 0 Å². The Morgan fingerprint density at radius 3 is 3.00 bits per heavy atom. The van der Waals surface area contributed by atoms with Gasteiger partial charge in [-0.15, -0.1) is 0 Å². The van der Waals surface area contributed by atoms with Gasteiger partial charge in [-0.3, -0.25) is 5.73 Å². The fourth-order valence-corrected chi connectivity index (χ4v) is 1.75. The Balaban J connectivity index is 2.57. The summed E-state index contributed by atoms with van der Waals surface area (Å²) in [6.45, 7) is 0. The summed E-state index contributed by atoms with van der Waals surface area (Å²) in [4.78, 5) is 10.8. The van der Waals surface area contributed by atoms with Crippen LogP contribution in [0, 0.1) is 0 Å². The molecule has 0 aliphatic carbocycles. The van der Waals surface area contributed by atoms with Crippen LogP contribution in [0.15, 0.2) is 12.1 Å². The Kier molecular flexibility index (Phi) is 2.09. The van der Waals surface area contributed by atoms with Crippen LogP contribution in [0.25, 0.3) is 0 Å². The number of benzene rings is 1. The number of halogens is 1. The fraction of sp³-hybridized carbons (Fsp3) is 0.222. The molecule has 1 aliphatic rings. The van der Waals surface area contributed by atoms with Crippen LogP contribution in [-0.2, 0) is 6.42 Å². The number of fused-ring (bicyclic) bond motifs is 1. The Morgan fingerprint density at radius 2 is 2.36 bits per heavy atom. The Labute approximate surface area is 85.2 Å². The maximum absolute atomic E-state index is 10.8. The molecule has 0 amide bonds. The van der Waals surface area contributed by atoms with Gasteiger partial charge in [-0.05, 0) is 12.1 Å². The molecule has 1 aromatic carbocycles. The molecule has 5 heteroatoms. The first-order valence-corrected chi connectivity index (χ1v) is 4.43. The maximum atomic E-state index is 10.8. The molecule has 0 aromatic heterocycles. The van der Waals surface area contributed by atoms with Crippen LogP contribution < -0.4 is 10.5 Å². The minimum absolute atomic E-state index is 0.0699. The number of carboxylic acids is 1. The summed E-state index contributed by atoms with van der Waals surface area (Å²) in [5.41, 5.74) is 6.37. The van der Waals surface area contributed by atoms with Gasteiger partial charge < -0.3 is 9.84 Å². The van der Waals surface area contributed by atoms with Crippen LogP contribution in [0.3, 0.4) is 0 Å². The van der Waals surface area contributed by atoms with Crippen molar-refractivity contribution in [1.29, 1.82) is 0 Å². The van der Waals surface area contributed by atoms with E-state index in [4.69, 9.17) is 27.2 Å². The number of ether oxygens (including phenoxy) is 1. The summed E-state index contributed by atoms with van der Waals surface area (Å²) >= 11 is 5.76. The number of carboxylic acid groups (broad SMARTS) is 1. The van der Waals surface area contributed by atoms with Crippen molar-refractivity contribution in [3.63, 3.8) is 0 Å². The summed E-state index contributed by atoms with van der Waals surface area (Å²) in [7, 11) is 0. The molecule has 74 valence electrons. The smallest absolute Gasteiger partial charge is 0.339 e. The van der Waals surface area contributed by atoms with Gasteiger partial charge in [-0.1, -0.05) is 11.6 Å². The Morgan fingerprint density at radius 1 is 1.64 bits per heavy atom. The molecular formula is C9H8ClNO3. The highest BCUT2D eigenvalue weighted by Crippen LogP contribution is 2.34. The second-order valence-electron chi connectivity index (χ2n) is 3.11. The SMILES string of the molecule is NC1Cc2cc(Cl)cc(C(=O)O)c2O1. The molecule has 2 rings (SSSR count). The van der Waals surface area contributed by atoms with Gasteiger partial charge in [0.1, 0.15) is 11.3 Å². The van der Waals surface area contributed by atoms with Crippen molar-refractivity contribution in [2.45, 2.75) is 12.6 Å². The van der Waals surface area contributed by atoms with Crippen molar-refractivity contribution >= 4 is 17.6 Å². The second kappa shape index (κ2) is 3.15. The molecule has 1 aliphatic heterocycles. The highest BCUT2D eigenvalue weighted by molar-refractivity contribution is 6.31. The first-order valence-electron chi connectivity index (χ1n) is 4.06. The summed E-state index contributed by atoms with van der Waals surface area (Å²) in [6.07, 6.45) is 0.0254. The van der Waals surface area contributed by atoms with E-state index in [1.807, 2.05) is 0 Å². The van der Waals surface area contributed by atoms with E-state index in [9.17, 15) is 4.79 Å².